The first kappa shape index (κ1) is 9.31. The van der Waals surface area contributed by atoms with E-state index >= 15 is 0 Å². The Morgan fingerprint density at radius 1 is 1.25 bits per heavy atom. The van der Waals surface area contributed by atoms with Gasteiger partial charge in [0.2, 0.25) is 0 Å². The van der Waals surface area contributed by atoms with E-state index in [0.29, 0.717) is 0 Å². The van der Waals surface area contributed by atoms with Crippen LogP contribution >= 0.6 is 0 Å². The molecule has 0 aliphatic heterocycles. The van der Waals surface area contributed by atoms with Gasteiger partial charge in [-0.1, -0.05) is 18.2 Å². The lowest BCUT2D eigenvalue weighted by atomic mass is 10.4. The summed E-state index contributed by atoms with van der Waals surface area (Å²) in [5.41, 5.74) is 0. The van der Waals surface area contributed by atoms with Gasteiger partial charge in [0.25, 0.3) is 0 Å². The van der Waals surface area contributed by atoms with Crippen molar-refractivity contribution in [3.63, 3.8) is 0 Å². The van der Waals surface area contributed by atoms with Crippen LogP contribution in [-0.4, -0.2) is 19.3 Å². The van der Waals surface area contributed by atoms with Gasteiger partial charge in [-0.05, 0) is 12.1 Å². The fourth-order valence-corrected chi connectivity index (χ4v) is 1.59. The molecule has 0 unspecified atom stereocenters. The van der Waals surface area contributed by atoms with E-state index in [1.165, 1.54) is 24.3 Å². The minimum atomic E-state index is -5.19. The summed E-state index contributed by atoms with van der Waals surface area (Å²) in [6.07, 6.45) is 0. The summed E-state index contributed by atoms with van der Waals surface area (Å²) in [7, 11) is -5.19. The van der Waals surface area contributed by atoms with E-state index in [-0.39, 0.29) is 4.90 Å². The molecule has 0 amide bonds. The van der Waals surface area contributed by atoms with Crippen molar-refractivity contribution in [2.45, 2.75) is 4.90 Å². The summed E-state index contributed by atoms with van der Waals surface area (Å²) in [5, 5.41) is 0. The molecule has 1 aromatic rings. The second-order valence-corrected chi connectivity index (χ2v) is 5.16. The molecule has 5 heteroatoms. The van der Waals surface area contributed by atoms with Crippen LogP contribution in [0.2, 0.25) is 0 Å². The molecule has 0 bridgehead atoms. The SMILES string of the molecule is O=S(O)(O)(CF)c1ccccc1. The van der Waals surface area contributed by atoms with Gasteiger partial charge in [0.05, 0.1) is 4.90 Å². The van der Waals surface area contributed by atoms with Gasteiger partial charge in [-0.25, -0.2) is 8.60 Å². The lowest BCUT2D eigenvalue weighted by molar-refractivity contribution is 0.362. The second kappa shape index (κ2) is 2.62. The molecule has 0 atom stereocenters. The van der Waals surface area contributed by atoms with Crippen molar-refractivity contribution in [2.24, 2.45) is 0 Å². The number of rotatable bonds is 2. The average Bonchev–Trinajstić information content (AvgIpc) is 2.06. The number of hydrogen-bond donors (Lipinski definition) is 2. The Hall–Kier alpha value is -0.780. The number of alkyl halides is 1. The summed E-state index contributed by atoms with van der Waals surface area (Å²) < 4.78 is 41.2. The van der Waals surface area contributed by atoms with Crippen LogP contribution in [-0.2, 0) is 9.63 Å². The lowest BCUT2D eigenvalue weighted by Crippen LogP contribution is -2.33. The Morgan fingerprint density at radius 2 is 1.75 bits per heavy atom. The van der Waals surface area contributed by atoms with Crippen LogP contribution in [0.5, 0.6) is 0 Å². The predicted molar refractivity (Wildman–Crippen MR) is 44.1 cm³/mol. The standard InChI is InChI=1S/C7H9FO3S/c8-6-12(9,10,11)7-4-2-1-3-5-7/h1-5H,6H2,(H2,9,10,11). The number of hydrogen-bond acceptors (Lipinski definition) is 1. The van der Waals surface area contributed by atoms with Crippen molar-refractivity contribution < 1.29 is 17.7 Å². The van der Waals surface area contributed by atoms with Gasteiger partial charge in [-0.2, -0.15) is 0 Å². The molecule has 0 saturated heterocycles. The third-order valence-electron chi connectivity index (χ3n) is 1.41. The van der Waals surface area contributed by atoms with Crippen molar-refractivity contribution in [3.8, 4) is 0 Å². The van der Waals surface area contributed by atoms with Crippen molar-refractivity contribution in [3.05, 3.63) is 30.3 Å². The summed E-state index contributed by atoms with van der Waals surface area (Å²) >= 11 is 0. The van der Waals surface area contributed by atoms with Crippen LogP contribution in [0, 0.1) is 0 Å². The van der Waals surface area contributed by atoms with E-state index < -0.39 is 15.6 Å². The molecule has 0 spiro atoms. The number of halogens is 1. The second-order valence-electron chi connectivity index (χ2n) is 2.44. The van der Waals surface area contributed by atoms with Gasteiger partial charge < -0.3 is 9.11 Å². The van der Waals surface area contributed by atoms with Crippen molar-refractivity contribution >= 4 is 9.63 Å². The monoisotopic (exact) mass is 192 g/mol. The molecule has 68 valence electrons. The Labute approximate surface area is 69.3 Å². The molecule has 0 aliphatic carbocycles. The third kappa shape index (κ3) is 1.69. The minimum absolute atomic E-state index is 0.294. The van der Waals surface area contributed by atoms with Crippen LogP contribution < -0.4 is 0 Å². The van der Waals surface area contributed by atoms with Gasteiger partial charge in [-0.3, -0.25) is 0 Å². The van der Waals surface area contributed by atoms with Gasteiger partial charge >= 0.3 is 0 Å². The summed E-state index contributed by atoms with van der Waals surface area (Å²) in [6.45, 7) is 0. The Balaban J connectivity index is 3.24. The maximum absolute atomic E-state index is 12.1. The molecular formula is C7H9FO3S. The smallest absolute Gasteiger partial charge is 0.191 e. The molecule has 1 aromatic carbocycles. The largest absolute Gasteiger partial charge is 0.302 e. The van der Waals surface area contributed by atoms with Crippen LogP contribution in [0.15, 0.2) is 35.2 Å². The van der Waals surface area contributed by atoms with Crippen LogP contribution in [0.25, 0.3) is 0 Å². The first-order valence-electron chi connectivity index (χ1n) is 3.20. The molecule has 0 fully saturated rings. The van der Waals surface area contributed by atoms with Crippen LogP contribution in [0.1, 0.15) is 0 Å². The molecule has 0 saturated carbocycles. The topological polar surface area (TPSA) is 57.5 Å². The minimum Gasteiger partial charge on any atom is -0.302 e. The normalized spacial score (nSPS) is 15.1. The van der Waals surface area contributed by atoms with Crippen molar-refractivity contribution in [1.82, 2.24) is 0 Å². The quantitative estimate of drug-likeness (QED) is 0.750. The highest BCUT2D eigenvalue weighted by Crippen LogP contribution is 2.28. The van der Waals surface area contributed by atoms with E-state index in [4.69, 9.17) is 9.11 Å². The van der Waals surface area contributed by atoms with Crippen LogP contribution in [0.3, 0.4) is 0 Å². The molecule has 12 heavy (non-hydrogen) atoms. The predicted octanol–water partition coefficient (Wildman–Crippen LogP) is 1.74. The van der Waals surface area contributed by atoms with Gasteiger partial charge in [0, 0.05) is 0 Å². The van der Waals surface area contributed by atoms with Crippen LogP contribution in [0.4, 0.5) is 4.39 Å². The highest BCUT2D eigenvalue weighted by atomic mass is 32.3. The summed E-state index contributed by atoms with van der Waals surface area (Å²) in [5.74, 6) is 0. The van der Waals surface area contributed by atoms with E-state index in [1.54, 1.807) is 6.07 Å². The van der Waals surface area contributed by atoms with Crippen molar-refractivity contribution in [2.75, 3.05) is 6.01 Å². The van der Waals surface area contributed by atoms with Crippen molar-refractivity contribution in [1.29, 1.82) is 0 Å². The van der Waals surface area contributed by atoms with E-state index in [9.17, 15) is 8.60 Å². The fourth-order valence-electron chi connectivity index (χ4n) is 0.757. The van der Waals surface area contributed by atoms with Gasteiger partial charge in [-0.15, -0.1) is 0 Å². The first-order chi connectivity index (χ1) is 5.44. The molecule has 0 radical (unpaired) electrons. The highest BCUT2D eigenvalue weighted by molar-refractivity contribution is 8.10. The van der Waals surface area contributed by atoms with Gasteiger partial charge in [0.1, 0.15) is 9.63 Å². The third-order valence-corrected chi connectivity index (χ3v) is 3.03. The van der Waals surface area contributed by atoms with E-state index in [1.807, 2.05) is 0 Å². The lowest BCUT2D eigenvalue weighted by Gasteiger charge is -2.26. The molecule has 1 rings (SSSR count). The maximum Gasteiger partial charge on any atom is 0.191 e. The molecule has 2 N–H and O–H groups in total. The first-order valence-corrected chi connectivity index (χ1v) is 5.25. The molecule has 0 aliphatic rings. The average molecular weight is 192 g/mol. The fraction of sp³-hybridized carbons (Fsp3) is 0.143. The zero-order valence-corrected chi connectivity index (χ0v) is 7.00. The Kier molecular flexibility index (Phi) is 2.03. The van der Waals surface area contributed by atoms with Gasteiger partial charge in [0.15, 0.2) is 6.01 Å². The zero-order chi connectivity index (χ0) is 9.27. The highest BCUT2D eigenvalue weighted by Gasteiger charge is 2.32. The Morgan fingerprint density at radius 3 is 2.17 bits per heavy atom. The zero-order valence-electron chi connectivity index (χ0n) is 6.18. The Bertz CT molecular complexity index is 330. The molecule has 0 heterocycles. The van der Waals surface area contributed by atoms with E-state index in [2.05, 4.69) is 0 Å². The molecule has 0 aromatic heterocycles. The number of benzene rings is 1. The maximum atomic E-state index is 12.1. The summed E-state index contributed by atoms with van der Waals surface area (Å²) in [6, 6.07) is 5.23. The van der Waals surface area contributed by atoms with E-state index in [0.717, 1.165) is 0 Å². The molecular weight excluding hydrogens is 183 g/mol. The molecule has 3 nitrogen and oxygen atoms in total. The summed E-state index contributed by atoms with van der Waals surface area (Å²) in [4.78, 5) is -0.294.